The van der Waals surface area contributed by atoms with Gasteiger partial charge in [-0.1, -0.05) is 38.8 Å². The molecule has 0 fully saturated rings. The van der Waals surface area contributed by atoms with Crippen molar-refractivity contribution in [2.75, 3.05) is 31.3 Å². The van der Waals surface area contributed by atoms with E-state index in [0.29, 0.717) is 19.6 Å². The fourth-order valence-electron chi connectivity index (χ4n) is 3.95. The number of benzene rings is 1. The van der Waals surface area contributed by atoms with E-state index in [0.717, 1.165) is 59.5 Å². The highest BCUT2D eigenvalue weighted by Gasteiger charge is 2.17. The molecule has 1 atom stereocenters. The largest absolute Gasteiger partial charge is 0.496 e. The summed E-state index contributed by atoms with van der Waals surface area (Å²) in [6.07, 6.45) is 5.98. The fraction of sp³-hybridized carbons (Fsp3) is 0.480. The second kappa shape index (κ2) is 11.5. The van der Waals surface area contributed by atoms with Crippen LogP contribution in [0.15, 0.2) is 30.5 Å². The van der Waals surface area contributed by atoms with E-state index in [9.17, 15) is 4.79 Å². The first-order valence-electron chi connectivity index (χ1n) is 11.6. The average Bonchev–Trinajstić information content (AvgIpc) is 3.19. The van der Waals surface area contributed by atoms with Crippen molar-refractivity contribution in [1.29, 1.82) is 0 Å². The summed E-state index contributed by atoms with van der Waals surface area (Å²) >= 11 is 0. The number of anilines is 2. The molecule has 0 aliphatic rings. The average molecular weight is 454 g/mol. The van der Waals surface area contributed by atoms with Crippen molar-refractivity contribution < 1.29 is 14.3 Å². The van der Waals surface area contributed by atoms with E-state index in [4.69, 9.17) is 15.2 Å². The molecule has 0 spiro atoms. The molecular weight excluding hydrogens is 418 g/mol. The van der Waals surface area contributed by atoms with Crippen LogP contribution in [0.4, 0.5) is 11.8 Å². The molecular formula is C25H35N5O3. The number of methoxy groups -OCH3 is 1. The highest BCUT2D eigenvalue weighted by Crippen LogP contribution is 2.27. The first-order valence-corrected chi connectivity index (χ1v) is 11.6. The maximum absolute atomic E-state index is 12.1. The van der Waals surface area contributed by atoms with Gasteiger partial charge in [0, 0.05) is 18.3 Å². The quantitative estimate of drug-likeness (QED) is 0.309. The molecule has 3 aromatic rings. The second-order valence-electron chi connectivity index (χ2n) is 8.25. The molecule has 0 aliphatic heterocycles. The zero-order valence-electron chi connectivity index (χ0n) is 20.1. The van der Waals surface area contributed by atoms with Crippen LogP contribution >= 0.6 is 0 Å². The summed E-state index contributed by atoms with van der Waals surface area (Å²) in [4.78, 5) is 20.9. The van der Waals surface area contributed by atoms with E-state index in [1.54, 1.807) is 7.11 Å². The maximum atomic E-state index is 12.1. The third-order valence-corrected chi connectivity index (χ3v) is 5.62. The molecule has 8 heteroatoms. The van der Waals surface area contributed by atoms with Gasteiger partial charge in [-0.05, 0) is 37.5 Å². The molecule has 0 saturated carbocycles. The Labute approximate surface area is 195 Å². The van der Waals surface area contributed by atoms with Crippen LogP contribution in [0.25, 0.3) is 11.0 Å². The number of hydrogen-bond donors (Lipinski definition) is 2. The number of fused-ring (bicyclic) bond motifs is 1. The summed E-state index contributed by atoms with van der Waals surface area (Å²) in [5, 5.41) is 3.43. The van der Waals surface area contributed by atoms with Crippen molar-refractivity contribution in [3.63, 3.8) is 0 Å². The molecule has 0 bridgehead atoms. The number of nitrogens with one attached hydrogen (secondary N) is 1. The van der Waals surface area contributed by atoms with Gasteiger partial charge < -0.3 is 25.1 Å². The summed E-state index contributed by atoms with van der Waals surface area (Å²) in [5.74, 6) is 1.39. The Bertz CT molecular complexity index is 1080. The van der Waals surface area contributed by atoms with Crippen LogP contribution in [0.3, 0.4) is 0 Å². The fourth-order valence-corrected chi connectivity index (χ4v) is 3.95. The smallest absolute Gasteiger partial charge is 0.308 e. The number of rotatable bonds is 12. The lowest BCUT2D eigenvalue weighted by atomic mass is 9.99. The van der Waals surface area contributed by atoms with Crippen LogP contribution in [-0.2, 0) is 22.5 Å². The molecule has 1 aromatic carbocycles. The summed E-state index contributed by atoms with van der Waals surface area (Å²) in [6, 6.07) is 7.99. The summed E-state index contributed by atoms with van der Waals surface area (Å²) < 4.78 is 12.9. The minimum Gasteiger partial charge on any atom is -0.496 e. The first-order chi connectivity index (χ1) is 16.0. The molecule has 3 rings (SSSR count). The van der Waals surface area contributed by atoms with Crippen LogP contribution in [0.2, 0.25) is 0 Å². The maximum Gasteiger partial charge on any atom is 0.308 e. The predicted octanol–water partition coefficient (Wildman–Crippen LogP) is 4.41. The molecule has 2 heterocycles. The monoisotopic (exact) mass is 453 g/mol. The summed E-state index contributed by atoms with van der Waals surface area (Å²) in [5.41, 5.74) is 9.72. The Morgan fingerprint density at radius 3 is 2.76 bits per heavy atom. The Hall–Kier alpha value is -3.29. The lowest BCUT2D eigenvalue weighted by molar-refractivity contribution is -0.147. The van der Waals surface area contributed by atoms with Gasteiger partial charge in [0.1, 0.15) is 11.3 Å². The number of unbranched alkanes of at least 4 members (excludes halogenated alkanes) is 2. The highest BCUT2D eigenvalue weighted by molar-refractivity contribution is 5.87. The number of carbonyl (C=O) groups is 1. The number of aromatic nitrogens is 3. The van der Waals surface area contributed by atoms with Gasteiger partial charge in [-0.3, -0.25) is 4.79 Å². The van der Waals surface area contributed by atoms with E-state index in [1.807, 2.05) is 38.2 Å². The topological polar surface area (TPSA) is 104 Å². The number of ether oxygens (including phenoxy) is 2. The standard InChI is InChI=1S/C25H35N5O3/c1-5-7-8-12-27-23-22-20(28-25(26)29-23)11-13-30(22)16-19-15-18(9-10-21(19)32-4)14-17(3)24(31)33-6-2/h9-11,13,15,17H,5-8,12,14,16H2,1-4H3,(H3,26,27,28,29). The normalized spacial score (nSPS) is 12.0. The van der Waals surface area contributed by atoms with Gasteiger partial charge in [-0.2, -0.15) is 4.98 Å². The zero-order chi connectivity index (χ0) is 23.8. The van der Waals surface area contributed by atoms with Crippen LogP contribution in [-0.4, -0.2) is 40.8 Å². The molecule has 33 heavy (non-hydrogen) atoms. The van der Waals surface area contributed by atoms with Crippen LogP contribution in [0.5, 0.6) is 5.75 Å². The molecule has 0 amide bonds. The first kappa shape index (κ1) is 24.4. The number of esters is 1. The van der Waals surface area contributed by atoms with Crippen molar-refractivity contribution in [2.45, 2.75) is 53.0 Å². The SMILES string of the molecule is CCCCCNc1nc(N)nc2ccn(Cc3cc(CC(C)C(=O)OCC)ccc3OC)c12. The summed E-state index contributed by atoms with van der Waals surface area (Å²) in [7, 11) is 1.66. The van der Waals surface area contributed by atoms with Crippen LogP contribution < -0.4 is 15.8 Å². The van der Waals surface area contributed by atoms with Gasteiger partial charge in [-0.25, -0.2) is 4.98 Å². The van der Waals surface area contributed by atoms with Gasteiger partial charge in [0.2, 0.25) is 5.95 Å². The van der Waals surface area contributed by atoms with Crippen molar-refractivity contribution in [1.82, 2.24) is 14.5 Å². The second-order valence-corrected chi connectivity index (χ2v) is 8.25. The van der Waals surface area contributed by atoms with E-state index < -0.39 is 0 Å². The lowest BCUT2D eigenvalue weighted by Crippen LogP contribution is -2.17. The van der Waals surface area contributed by atoms with Crippen molar-refractivity contribution in [3.05, 3.63) is 41.6 Å². The minimum absolute atomic E-state index is 0.181. The van der Waals surface area contributed by atoms with E-state index in [2.05, 4.69) is 32.8 Å². The third kappa shape index (κ3) is 6.15. The van der Waals surface area contributed by atoms with E-state index in [1.165, 1.54) is 0 Å². The van der Waals surface area contributed by atoms with Gasteiger partial charge in [-0.15, -0.1) is 0 Å². The third-order valence-electron chi connectivity index (χ3n) is 5.62. The van der Waals surface area contributed by atoms with Crippen LogP contribution in [0, 0.1) is 5.92 Å². The lowest BCUT2D eigenvalue weighted by Gasteiger charge is -2.16. The van der Waals surface area contributed by atoms with Gasteiger partial charge >= 0.3 is 5.97 Å². The highest BCUT2D eigenvalue weighted by atomic mass is 16.5. The molecule has 0 saturated heterocycles. The molecule has 0 radical (unpaired) electrons. The predicted molar refractivity (Wildman–Crippen MR) is 132 cm³/mol. The van der Waals surface area contributed by atoms with Crippen LogP contribution in [0.1, 0.15) is 51.2 Å². The van der Waals surface area contributed by atoms with E-state index >= 15 is 0 Å². The number of nitrogens with zero attached hydrogens (tertiary/aromatic N) is 3. The van der Waals surface area contributed by atoms with Gasteiger partial charge in [0.05, 0.1) is 31.7 Å². The zero-order valence-corrected chi connectivity index (χ0v) is 20.1. The molecule has 1 unspecified atom stereocenters. The number of nitrogen functional groups attached to an aromatic ring is 1. The molecule has 0 aliphatic carbocycles. The Balaban J connectivity index is 1.88. The molecule has 8 nitrogen and oxygen atoms in total. The van der Waals surface area contributed by atoms with Crippen molar-refractivity contribution in [2.24, 2.45) is 5.92 Å². The number of hydrogen-bond acceptors (Lipinski definition) is 7. The number of nitrogens with two attached hydrogens (primary N) is 1. The Morgan fingerprint density at radius 1 is 1.21 bits per heavy atom. The number of carbonyl (C=O) groups excluding carboxylic acids is 1. The van der Waals surface area contributed by atoms with Gasteiger partial charge in [0.15, 0.2) is 5.82 Å². The van der Waals surface area contributed by atoms with Crippen molar-refractivity contribution in [3.8, 4) is 5.75 Å². The Morgan fingerprint density at radius 2 is 2.03 bits per heavy atom. The molecule has 3 N–H and O–H groups in total. The van der Waals surface area contributed by atoms with Crippen molar-refractivity contribution >= 4 is 28.8 Å². The Kier molecular flexibility index (Phi) is 8.52. The molecule has 2 aromatic heterocycles. The van der Waals surface area contributed by atoms with Gasteiger partial charge in [0.25, 0.3) is 0 Å². The minimum atomic E-state index is -0.214. The van der Waals surface area contributed by atoms with E-state index in [-0.39, 0.29) is 17.8 Å². The molecule has 178 valence electrons. The summed E-state index contributed by atoms with van der Waals surface area (Å²) in [6.45, 7) is 7.68.